The van der Waals surface area contributed by atoms with Crippen molar-refractivity contribution in [3.8, 4) is 0 Å². The molecule has 1 aliphatic heterocycles. The van der Waals surface area contributed by atoms with E-state index in [0.717, 1.165) is 25.8 Å². The van der Waals surface area contributed by atoms with Gasteiger partial charge in [0.25, 0.3) is 0 Å². The van der Waals surface area contributed by atoms with Crippen LogP contribution in [0.15, 0.2) is 29.0 Å². The largest absolute Gasteiger partial charge is 0.352 e. The van der Waals surface area contributed by atoms with Gasteiger partial charge in [0.1, 0.15) is 0 Å². The zero-order chi connectivity index (χ0) is 17.1. The van der Waals surface area contributed by atoms with E-state index in [0.29, 0.717) is 12.6 Å². The molecule has 134 valence electrons. The molecule has 1 aliphatic carbocycles. The van der Waals surface area contributed by atoms with Crippen LogP contribution in [0.1, 0.15) is 59.9 Å². The smallest absolute Gasteiger partial charge is 0.234 e. The van der Waals surface area contributed by atoms with Crippen LogP contribution in [-0.4, -0.2) is 29.9 Å². The zero-order valence-electron chi connectivity index (χ0n) is 14.6. The van der Waals surface area contributed by atoms with Gasteiger partial charge >= 0.3 is 0 Å². The zero-order valence-corrected chi connectivity index (χ0v) is 16.2. The number of nitrogens with one attached hydrogen (secondary N) is 1. The van der Waals surface area contributed by atoms with Crippen molar-refractivity contribution in [2.24, 2.45) is 0 Å². The molecular formula is C20H26N2OS2. The number of hydrogen-bond donors (Lipinski definition) is 1. The maximum Gasteiger partial charge on any atom is 0.234 e. The topological polar surface area (TPSA) is 32.3 Å². The van der Waals surface area contributed by atoms with E-state index in [-0.39, 0.29) is 11.9 Å². The summed E-state index contributed by atoms with van der Waals surface area (Å²) in [6.07, 6.45) is 8.50. The molecule has 1 amide bonds. The summed E-state index contributed by atoms with van der Waals surface area (Å²) >= 11 is 3.65. The lowest BCUT2D eigenvalue weighted by atomic mass is 9.98. The van der Waals surface area contributed by atoms with E-state index in [1.807, 2.05) is 11.3 Å². The molecule has 3 nitrogen and oxygen atoms in total. The molecule has 25 heavy (non-hydrogen) atoms. The van der Waals surface area contributed by atoms with Gasteiger partial charge in [0.05, 0.1) is 12.6 Å². The Labute approximate surface area is 158 Å². The van der Waals surface area contributed by atoms with Crippen molar-refractivity contribution >= 4 is 28.6 Å². The monoisotopic (exact) mass is 374 g/mol. The van der Waals surface area contributed by atoms with E-state index in [2.05, 4.69) is 39.2 Å². The van der Waals surface area contributed by atoms with Crippen molar-refractivity contribution in [1.82, 2.24) is 10.2 Å². The number of rotatable bonds is 4. The molecule has 2 aromatic heterocycles. The molecule has 0 saturated heterocycles. The highest BCUT2D eigenvalue weighted by molar-refractivity contribution is 7.10. The molecule has 1 unspecified atom stereocenters. The first-order valence-electron chi connectivity index (χ1n) is 9.44. The Bertz CT molecular complexity index is 686. The maximum atomic E-state index is 12.7. The number of amides is 1. The molecule has 0 radical (unpaired) electrons. The summed E-state index contributed by atoms with van der Waals surface area (Å²) in [6.45, 7) is 1.47. The summed E-state index contributed by atoms with van der Waals surface area (Å²) < 4.78 is 0. The van der Waals surface area contributed by atoms with Gasteiger partial charge < -0.3 is 5.32 Å². The molecule has 1 fully saturated rings. The number of nitrogens with zero attached hydrogens (tertiary/aromatic N) is 1. The minimum Gasteiger partial charge on any atom is -0.352 e. The first-order chi connectivity index (χ1) is 12.3. The molecule has 4 rings (SSSR count). The minimum absolute atomic E-state index is 0.201. The number of carbonyl (C=O) groups is 1. The van der Waals surface area contributed by atoms with E-state index in [9.17, 15) is 4.79 Å². The lowest BCUT2D eigenvalue weighted by Gasteiger charge is -2.35. The fourth-order valence-electron chi connectivity index (χ4n) is 4.20. The summed E-state index contributed by atoms with van der Waals surface area (Å²) in [5, 5.41) is 7.65. The lowest BCUT2D eigenvalue weighted by Crippen LogP contribution is -2.45. The van der Waals surface area contributed by atoms with Crippen LogP contribution in [0, 0.1) is 0 Å². The first kappa shape index (κ1) is 17.3. The molecule has 0 bridgehead atoms. The molecule has 2 aliphatic rings. The number of thiophene rings is 2. The van der Waals surface area contributed by atoms with Crippen LogP contribution in [-0.2, 0) is 11.2 Å². The van der Waals surface area contributed by atoms with Gasteiger partial charge in [-0.3, -0.25) is 9.69 Å². The summed E-state index contributed by atoms with van der Waals surface area (Å²) in [6, 6.07) is 7.20. The minimum atomic E-state index is 0.201. The Morgan fingerprint density at radius 3 is 2.72 bits per heavy atom. The van der Waals surface area contributed by atoms with Crippen molar-refractivity contribution in [2.75, 3.05) is 13.1 Å². The van der Waals surface area contributed by atoms with Gasteiger partial charge in [-0.05, 0) is 47.7 Å². The van der Waals surface area contributed by atoms with Crippen LogP contribution < -0.4 is 5.32 Å². The Hall–Kier alpha value is -1.17. The third-order valence-electron chi connectivity index (χ3n) is 5.45. The van der Waals surface area contributed by atoms with Crippen molar-refractivity contribution in [1.29, 1.82) is 0 Å². The normalized spacial score (nSPS) is 22.3. The van der Waals surface area contributed by atoms with Crippen molar-refractivity contribution in [2.45, 2.75) is 57.0 Å². The molecule has 0 spiro atoms. The molecule has 1 saturated carbocycles. The van der Waals surface area contributed by atoms with Crippen LogP contribution in [0.2, 0.25) is 0 Å². The number of carbonyl (C=O) groups excluding carboxylic acids is 1. The standard InChI is InChI=1S/C20H26N2OS2/c23-19(21-15-6-3-1-2-4-7-15)14-22-11-9-17-16(10-13-25-17)20(22)18-8-5-12-24-18/h5,8,10,12-13,15,20H,1-4,6-7,9,11,14H2,(H,21,23). The highest BCUT2D eigenvalue weighted by Crippen LogP contribution is 2.39. The number of fused-ring (bicyclic) bond motifs is 1. The van der Waals surface area contributed by atoms with E-state index >= 15 is 0 Å². The molecule has 5 heteroatoms. The summed E-state index contributed by atoms with van der Waals surface area (Å²) in [7, 11) is 0. The first-order valence-corrected chi connectivity index (χ1v) is 11.2. The Balaban J connectivity index is 1.46. The predicted molar refractivity (Wildman–Crippen MR) is 105 cm³/mol. The van der Waals surface area contributed by atoms with Crippen molar-refractivity contribution < 1.29 is 4.79 Å². The quantitative estimate of drug-likeness (QED) is 0.794. The molecule has 1 atom stereocenters. The highest BCUT2D eigenvalue weighted by Gasteiger charge is 2.31. The van der Waals surface area contributed by atoms with Gasteiger partial charge in [0.15, 0.2) is 0 Å². The fourth-order valence-corrected chi connectivity index (χ4v) is 5.98. The van der Waals surface area contributed by atoms with Crippen molar-refractivity contribution in [3.63, 3.8) is 0 Å². The van der Waals surface area contributed by atoms with Gasteiger partial charge in [-0.25, -0.2) is 0 Å². The second-order valence-corrected chi connectivity index (χ2v) is 9.17. The van der Waals surface area contributed by atoms with Crippen LogP contribution in [0.3, 0.4) is 0 Å². The molecule has 0 aromatic carbocycles. The van der Waals surface area contributed by atoms with Gasteiger partial charge in [0.2, 0.25) is 5.91 Å². The third kappa shape index (κ3) is 3.99. The van der Waals surface area contributed by atoms with E-state index in [1.165, 1.54) is 41.0 Å². The average Bonchev–Trinajstić information content (AvgIpc) is 3.23. The van der Waals surface area contributed by atoms with Gasteiger partial charge in [0, 0.05) is 22.3 Å². The number of hydrogen-bond acceptors (Lipinski definition) is 4. The summed E-state index contributed by atoms with van der Waals surface area (Å²) in [5.74, 6) is 0.201. The van der Waals surface area contributed by atoms with Gasteiger partial charge in [-0.15, -0.1) is 22.7 Å². The molecule has 2 aromatic rings. The molecule has 3 heterocycles. The maximum absolute atomic E-state index is 12.7. The fraction of sp³-hybridized carbons (Fsp3) is 0.550. The van der Waals surface area contributed by atoms with Crippen molar-refractivity contribution in [3.05, 3.63) is 44.3 Å². The summed E-state index contributed by atoms with van der Waals surface area (Å²) in [5.41, 5.74) is 1.40. The SMILES string of the molecule is O=C(CN1CCc2sccc2C1c1cccs1)NC1CCCCCC1. The predicted octanol–water partition coefficient (Wildman–Crippen LogP) is 4.60. The molecular weight excluding hydrogens is 348 g/mol. The summed E-state index contributed by atoms with van der Waals surface area (Å²) in [4.78, 5) is 17.9. The average molecular weight is 375 g/mol. The highest BCUT2D eigenvalue weighted by atomic mass is 32.1. The Morgan fingerprint density at radius 2 is 1.96 bits per heavy atom. The van der Waals surface area contributed by atoms with Gasteiger partial charge in [-0.2, -0.15) is 0 Å². The van der Waals surface area contributed by atoms with Crippen LogP contribution in [0.5, 0.6) is 0 Å². The second-order valence-electron chi connectivity index (χ2n) is 7.19. The Morgan fingerprint density at radius 1 is 1.12 bits per heavy atom. The second kappa shape index (κ2) is 8.02. The van der Waals surface area contributed by atoms with Gasteiger partial charge in [-0.1, -0.05) is 31.7 Å². The van der Waals surface area contributed by atoms with E-state index < -0.39 is 0 Å². The van der Waals surface area contributed by atoms with E-state index in [4.69, 9.17) is 0 Å². The van der Waals surface area contributed by atoms with Crippen LogP contribution >= 0.6 is 22.7 Å². The van der Waals surface area contributed by atoms with E-state index in [1.54, 1.807) is 11.3 Å². The lowest BCUT2D eigenvalue weighted by molar-refractivity contribution is -0.123. The van der Waals surface area contributed by atoms with Crippen LogP contribution in [0.4, 0.5) is 0 Å². The molecule has 1 N–H and O–H groups in total. The van der Waals surface area contributed by atoms with Crippen LogP contribution in [0.25, 0.3) is 0 Å². The third-order valence-corrected chi connectivity index (χ3v) is 7.37. The Kier molecular flexibility index (Phi) is 5.54.